The fraction of sp³-hybridized carbons (Fsp3) is 0.700. The summed E-state index contributed by atoms with van der Waals surface area (Å²) >= 11 is 0. The second kappa shape index (κ2) is 6.00. The monoisotopic (exact) mass is 247 g/mol. The van der Waals surface area contributed by atoms with Gasteiger partial charge >= 0.3 is 5.97 Å². The molecule has 92 valence electrons. The van der Waals surface area contributed by atoms with Gasteiger partial charge in [-0.25, -0.2) is 13.2 Å². The molecule has 1 N–H and O–H groups in total. The molecule has 1 saturated heterocycles. The molecule has 0 aromatic rings. The molecule has 0 aromatic carbocycles. The molecule has 0 radical (unpaired) electrons. The van der Waals surface area contributed by atoms with Crippen molar-refractivity contribution in [3.05, 3.63) is 12.2 Å². The molecule has 0 atom stereocenters. The van der Waals surface area contributed by atoms with E-state index in [9.17, 15) is 13.2 Å². The van der Waals surface area contributed by atoms with Crippen molar-refractivity contribution < 1.29 is 17.9 Å². The molecule has 1 rings (SSSR count). The lowest BCUT2D eigenvalue weighted by Crippen LogP contribution is -2.37. The number of carbonyl (C=O) groups is 1. The molecule has 1 aliphatic rings. The molecule has 0 aliphatic carbocycles. The lowest BCUT2D eigenvalue weighted by Gasteiger charge is -2.22. The molecule has 1 fully saturated rings. The van der Waals surface area contributed by atoms with Gasteiger partial charge in [-0.2, -0.15) is 0 Å². The highest BCUT2D eigenvalue weighted by Gasteiger charge is 2.22. The van der Waals surface area contributed by atoms with E-state index in [1.54, 1.807) is 6.08 Å². The minimum absolute atomic E-state index is 0.228. The Hall–Kier alpha value is -0.880. The van der Waals surface area contributed by atoms with Gasteiger partial charge in [-0.1, -0.05) is 6.08 Å². The third-order valence-corrected chi connectivity index (χ3v) is 4.25. The number of sulfone groups is 1. The fourth-order valence-electron chi connectivity index (χ4n) is 1.55. The average molecular weight is 247 g/mol. The first-order valence-corrected chi connectivity index (χ1v) is 7.04. The van der Waals surface area contributed by atoms with Crippen LogP contribution in [0.5, 0.6) is 0 Å². The molecule has 0 aromatic heterocycles. The van der Waals surface area contributed by atoms with E-state index in [1.165, 1.54) is 13.2 Å². The molecule has 5 nitrogen and oxygen atoms in total. The Morgan fingerprint density at radius 2 is 2.06 bits per heavy atom. The first-order valence-electron chi connectivity index (χ1n) is 5.22. The van der Waals surface area contributed by atoms with Crippen molar-refractivity contribution in [2.75, 3.05) is 25.2 Å². The third kappa shape index (κ3) is 4.76. The van der Waals surface area contributed by atoms with Crippen LogP contribution in [0.3, 0.4) is 0 Å². The maximum atomic E-state index is 11.2. The standard InChI is InChI=1S/C10H17NO4S/c1-15-10(12)3-2-6-11-9-4-7-16(13,14)8-5-9/h2-3,9,11H,4-8H2,1H3/b3-2+. The molecule has 1 aliphatic heterocycles. The van der Waals surface area contributed by atoms with E-state index < -0.39 is 9.84 Å². The molecule has 6 heteroatoms. The van der Waals surface area contributed by atoms with Crippen molar-refractivity contribution in [2.45, 2.75) is 18.9 Å². The number of nitrogens with one attached hydrogen (secondary N) is 1. The minimum Gasteiger partial charge on any atom is -0.466 e. The van der Waals surface area contributed by atoms with E-state index >= 15 is 0 Å². The van der Waals surface area contributed by atoms with Crippen LogP contribution in [0.25, 0.3) is 0 Å². The van der Waals surface area contributed by atoms with Crippen molar-refractivity contribution in [1.82, 2.24) is 5.32 Å². The average Bonchev–Trinajstić information content (AvgIpc) is 2.26. The van der Waals surface area contributed by atoms with Crippen LogP contribution in [0.15, 0.2) is 12.2 Å². The summed E-state index contributed by atoms with van der Waals surface area (Å²) in [5, 5.41) is 3.18. The summed E-state index contributed by atoms with van der Waals surface area (Å²) in [4.78, 5) is 10.7. The van der Waals surface area contributed by atoms with Gasteiger partial charge in [-0.3, -0.25) is 0 Å². The Bertz CT molecular complexity index is 347. The highest BCUT2D eigenvalue weighted by molar-refractivity contribution is 7.91. The zero-order valence-electron chi connectivity index (χ0n) is 9.31. The third-order valence-electron chi connectivity index (χ3n) is 2.53. The normalized spacial score (nSPS) is 21.1. The summed E-state index contributed by atoms with van der Waals surface area (Å²) in [5.41, 5.74) is 0. The zero-order valence-corrected chi connectivity index (χ0v) is 10.1. The van der Waals surface area contributed by atoms with E-state index in [4.69, 9.17) is 0 Å². The van der Waals surface area contributed by atoms with Crippen molar-refractivity contribution in [3.8, 4) is 0 Å². The van der Waals surface area contributed by atoms with Crippen molar-refractivity contribution in [1.29, 1.82) is 0 Å². The van der Waals surface area contributed by atoms with Crippen LogP contribution >= 0.6 is 0 Å². The number of methoxy groups -OCH3 is 1. The molecule has 0 amide bonds. The molecular weight excluding hydrogens is 230 g/mol. The van der Waals surface area contributed by atoms with Gasteiger partial charge in [-0.15, -0.1) is 0 Å². The lowest BCUT2D eigenvalue weighted by molar-refractivity contribution is -0.134. The Kier molecular flexibility index (Phi) is 4.95. The Morgan fingerprint density at radius 1 is 1.44 bits per heavy atom. The van der Waals surface area contributed by atoms with Gasteiger partial charge < -0.3 is 10.1 Å². The lowest BCUT2D eigenvalue weighted by atomic mass is 10.1. The number of carbonyl (C=O) groups excluding carboxylic acids is 1. The number of rotatable bonds is 4. The predicted molar refractivity (Wildman–Crippen MR) is 60.8 cm³/mol. The van der Waals surface area contributed by atoms with Crippen LogP contribution in [0, 0.1) is 0 Å². The van der Waals surface area contributed by atoms with E-state index in [0.717, 1.165) is 0 Å². The highest BCUT2D eigenvalue weighted by atomic mass is 32.2. The largest absolute Gasteiger partial charge is 0.466 e. The Balaban J connectivity index is 2.20. The van der Waals surface area contributed by atoms with E-state index in [1.807, 2.05) is 0 Å². The molecule has 0 unspecified atom stereocenters. The second-order valence-electron chi connectivity index (χ2n) is 3.76. The Morgan fingerprint density at radius 3 is 2.62 bits per heavy atom. The molecule has 16 heavy (non-hydrogen) atoms. The van der Waals surface area contributed by atoms with Gasteiger partial charge in [0.15, 0.2) is 0 Å². The van der Waals surface area contributed by atoms with Crippen LogP contribution < -0.4 is 5.32 Å². The first-order chi connectivity index (χ1) is 7.53. The highest BCUT2D eigenvalue weighted by Crippen LogP contribution is 2.11. The summed E-state index contributed by atoms with van der Waals surface area (Å²) in [5.74, 6) is 0.129. The van der Waals surface area contributed by atoms with E-state index in [2.05, 4.69) is 10.1 Å². The minimum atomic E-state index is -2.80. The molecule has 1 heterocycles. The predicted octanol–water partition coefficient (Wildman–Crippen LogP) is -0.118. The van der Waals surface area contributed by atoms with E-state index in [0.29, 0.717) is 19.4 Å². The van der Waals surface area contributed by atoms with Crippen LogP contribution in [0.4, 0.5) is 0 Å². The summed E-state index contributed by atoms with van der Waals surface area (Å²) in [7, 11) is -1.47. The van der Waals surface area contributed by atoms with Gasteiger partial charge in [0, 0.05) is 18.7 Å². The van der Waals surface area contributed by atoms with Gasteiger partial charge in [0.05, 0.1) is 18.6 Å². The van der Waals surface area contributed by atoms with Gasteiger partial charge in [0.2, 0.25) is 0 Å². The second-order valence-corrected chi connectivity index (χ2v) is 6.06. The number of esters is 1. The smallest absolute Gasteiger partial charge is 0.330 e. The molecular formula is C10H17NO4S. The van der Waals surface area contributed by atoms with Gasteiger partial charge in [0.1, 0.15) is 9.84 Å². The molecule has 0 bridgehead atoms. The summed E-state index contributed by atoms with van der Waals surface area (Å²) in [6.45, 7) is 0.555. The quantitative estimate of drug-likeness (QED) is 0.554. The van der Waals surface area contributed by atoms with Gasteiger partial charge in [0.25, 0.3) is 0 Å². The van der Waals surface area contributed by atoms with Crippen LogP contribution in [0.2, 0.25) is 0 Å². The number of hydrogen-bond acceptors (Lipinski definition) is 5. The maximum Gasteiger partial charge on any atom is 0.330 e. The fourth-order valence-corrected chi connectivity index (χ4v) is 3.04. The van der Waals surface area contributed by atoms with E-state index in [-0.39, 0.29) is 23.5 Å². The zero-order chi connectivity index (χ0) is 12.0. The summed E-state index contributed by atoms with van der Waals surface area (Å²) in [6, 6.07) is 0.228. The molecule has 0 spiro atoms. The van der Waals surface area contributed by atoms with Crippen molar-refractivity contribution >= 4 is 15.8 Å². The van der Waals surface area contributed by atoms with Gasteiger partial charge in [-0.05, 0) is 12.8 Å². The summed E-state index contributed by atoms with van der Waals surface area (Å²) in [6.07, 6.45) is 4.32. The topological polar surface area (TPSA) is 72.5 Å². The maximum absolute atomic E-state index is 11.2. The number of ether oxygens (including phenoxy) is 1. The Labute approximate surface area is 95.8 Å². The molecule has 0 saturated carbocycles. The number of hydrogen-bond donors (Lipinski definition) is 1. The van der Waals surface area contributed by atoms with Crippen molar-refractivity contribution in [2.24, 2.45) is 0 Å². The van der Waals surface area contributed by atoms with Crippen molar-refractivity contribution in [3.63, 3.8) is 0 Å². The summed E-state index contributed by atoms with van der Waals surface area (Å²) < 4.78 is 26.7. The SMILES string of the molecule is COC(=O)/C=C/CNC1CCS(=O)(=O)CC1. The first kappa shape index (κ1) is 13.2. The van der Waals surface area contributed by atoms with Crippen LogP contribution in [0.1, 0.15) is 12.8 Å². The van der Waals surface area contributed by atoms with Crippen LogP contribution in [-0.2, 0) is 19.4 Å². The van der Waals surface area contributed by atoms with Crippen LogP contribution in [-0.4, -0.2) is 45.6 Å².